The summed E-state index contributed by atoms with van der Waals surface area (Å²) in [5.74, 6) is 0.00438. The third-order valence-corrected chi connectivity index (χ3v) is 2.37. The fourth-order valence-corrected chi connectivity index (χ4v) is 1.32. The highest BCUT2D eigenvalue weighted by molar-refractivity contribution is 7.80. The van der Waals surface area contributed by atoms with Crippen LogP contribution >= 0.6 is 24.2 Å². The molecule has 0 heterocycles. The lowest BCUT2D eigenvalue weighted by Crippen LogP contribution is -2.04. The predicted molar refractivity (Wildman–Crippen MR) is 57.5 cm³/mol. The van der Waals surface area contributed by atoms with Crippen molar-refractivity contribution < 1.29 is 4.79 Å². The molecule has 70 valence electrons. The zero-order valence-electron chi connectivity index (χ0n) is 6.96. The molecule has 1 aromatic carbocycles. The van der Waals surface area contributed by atoms with Gasteiger partial charge in [0.1, 0.15) is 0 Å². The molecule has 0 fully saturated rings. The van der Waals surface area contributed by atoms with E-state index in [4.69, 9.17) is 17.3 Å². The minimum Gasteiger partial charge on any atom is -0.399 e. The molecule has 0 aliphatic carbocycles. The Kier molecular flexibility index (Phi) is 3.63. The van der Waals surface area contributed by atoms with Crippen molar-refractivity contribution >= 4 is 35.7 Å². The molecule has 0 unspecified atom stereocenters. The van der Waals surface area contributed by atoms with Gasteiger partial charge in [0.2, 0.25) is 0 Å². The van der Waals surface area contributed by atoms with Gasteiger partial charge in [0.15, 0.2) is 5.78 Å². The van der Waals surface area contributed by atoms with E-state index in [1.807, 2.05) is 0 Å². The molecule has 0 spiro atoms. The van der Waals surface area contributed by atoms with Gasteiger partial charge in [-0.1, -0.05) is 0 Å². The molecule has 0 aliphatic heterocycles. The molecule has 0 saturated carbocycles. The van der Waals surface area contributed by atoms with Crippen LogP contribution in [0.25, 0.3) is 0 Å². The molecule has 2 nitrogen and oxygen atoms in total. The van der Waals surface area contributed by atoms with Crippen LogP contribution in [0, 0.1) is 0 Å². The van der Waals surface area contributed by atoms with E-state index in [9.17, 15) is 4.79 Å². The summed E-state index contributed by atoms with van der Waals surface area (Å²) in [5, 5.41) is 0. The number of ketones is 1. The second kappa shape index (κ2) is 4.53. The van der Waals surface area contributed by atoms with Crippen LogP contribution in [-0.4, -0.2) is 11.7 Å². The molecular formula is C9H10ClNOS. The maximum atomic E-state index is 11.0. The lowest BCUT2D eigenvalue weighted by Gasteiger charge is -2.03. The van der Waals surface area contributed by atoms with Gasteiger partial charge in [-0.2, -0.15) is 0 Å². The summed E-state index contributed by atoms with van der Waals surface area (Å²) in [5.41, 5.74) is 7.03. The third kappa shape index (κ3) is 2.94. The molecule has 1 rings (SSSR count). The van der Waals surface area contributed by atoms with Gasteiger partial charge in [-0.05, 0) is 23.8 Å². The second-order valence-corrected chi connectivity index (χ2v) is 3.49. The molecule has 13 heavy (non-hydrogen) atoms. The van der Waals surface area contributed by atoms with Gasteiger partial charge in [-0.25, -0.2) is 0 Å². The van der Waals surface area contributed by atoms with E-state index < -0.39 is 0 Å². The molecule has 0 aromatic heterocycles. The zero-order valence-corrected chi connectivity index (χ0v) is 8.61. The van der Waals surface area contributed by atoms with Crippen molar-refractivity contribution in [3.05, 3.63) is 23.8 Å². The van der Waals surface area contributed by atoms with Crippen molar-refractivity contribution in [2.75, 3.05) is 11.6 Å². The Bertz CT molecular complexity index is 327. The number of hydrogen-bond donors (Lipinski definition) is 2. The third-order valence-electron chi connectivity index (χ3n) is 1.64. The standard InChI is InChI=1S/C9H10ClNOS/c10-5-8(12)4-6-3-7(11)1-2-9(6)13/h1-3,13H,4-5,11H2. The SMILES string of the molecule is Nc1ccc(S)c(CC(=O)CCl)c1. The summed E-state index contributed by atoms with van der Waals surface area (Å²) in [6.07, 6.45) is 0.299. The molecule has 0 aliphatic rings. The summed E-state index contributed by atoms with van der Waals surface area (Å²) >= 11 is 9.60. The highest BCUT2D eigenvalue weighted by atomic mass is 35.5. The van der Waals surface area contributed by atoms with Gasteiger partial charge in [0.25, 0.3) is 0 Å². The van der Waals surface area contributed by atoms with Crippen LogP contribution in [0.4, 0.5) is 5.69 Å². The first-order valence-corrected chi connectivity index (χ1v) is 4.76. The van der Waals surface area contributed by atoms with Crippen LogP contribution in [0.15, 0.2) is 23.1 Å². The number of alkyl halides is 1. The van der Waals surface area contributed by atoms with Crippen LogP contribution in [0.2, 0.25) is 0 Å². The lowest BCUT2D eigenvalue weighted by molar-refractivity contribution is -0.116. The minimum atomic E-state index is -0.0254. The normalized spacial score (nSPS) is 10.0. The molecule has 2 N–H and O–H groups in total. The molecule has 4 heteroatoms. The first-order chi connectivity index (χ1) is 6.13. The van der Waals surface area contributed by atoms with E-state index in [1.165, 1.54) is 0 Å². The summed E-state index contributed by atoms with van der Waals surface area (Å²) in [6, 6.07) is 5.26. The highest BCUT2D eigenvalue weighted by Gasteiger charge is 2.05. The first kappa shape index (κ1) is 10.4. The Morgan fingerprint density at radius 2 is 2.23 bits per heavy atom. The van der Waals surface area contributed by atoms with Crippen LogP contribution in [-0.2, 0) is 11.2 Å². The average Bonchev–Trinajstić information content (AvgIpc) is 2.11. The number of hydrogen-bond acceptors (Lipinski definition) is 3. The highest BCUT2D eigenvalue weighted by Crippen LogP contribution is 2.17. The summed E-state index contributed by atoms with van der Waals surface area (Å²) in [4.78, 5) is 11.8. The van der Waals surface area contributed by atoms with Gasteiger partial charge < -0.3 is 5.73 Å². The van der Waals surface area contributed by atoms with Gasteiger partial charge in [-0.3, -0.25) is 4.79 Å². The summed E-state index contributed by atoms with van der Waals surface area (Å²) < 4.78 is 0. The summed E-state index contributed by atoms with van der Waals surface area (Å²) in [6.45, 7) is 0. The van der Waals surface area contributed by atoms with Gasteiger partial charge >= 0.3 is 0 Å². The maximum absolute atomic E-state index is 11.0. The average molecular weight is 216 g/mol. The Balaban J connectivity index is 2.87. The van der Waals surface area contributed by atoms with E-state index in [0.717, 1.165) is 10.5 Å². The van der Waals surface area contributed by atoms with Gasteiger partial charge in [0, 0.05) is 17.0 Å². The van der Waals surface area contributed by atoms with Crippen molar-refractivity contribution in [1.82, 2.24) is 0 Å². The Morgan fingerprint density at radius 3 is 2.85 bits per heavy atom. The van der Waals surface area contributed by atoms with Gasteiger partial charge in [-0.15, -0.1) is 24.2 Å². The zero-order chi connectivity index (χ0) is 9.84. The Labute approximate surface area is 87.5 Å². The van der Waals surface area contributed by atoms with E-state index in [1.54, 1.807) is 18.2 Å². The maximum Gasteiger partial charge on any atom is 0.151 e. The Hall–Kier alpha value is -0.670. The van der Waals surface area contributed by atoms with Crippen LogP contribution < -0.4 is 5.73 Å². The minimum absolute atomic E-state index is 0.0254. The van der Waals surface area contributed by atoms with E-state index in [-0.39, 0.29) is 11.7 Å². The van der Waals surface area contributed by atoms with Gasteiger partial charge in [0.05, 0.1) is 5.88 Å². The molecule has 0 bridgehead atoms. The fraction of sp³-hybridized carbons (Fsp3) is 0.222. The van der Waals surface area contributed by atoms with Crippen LogP contribution in [0.5, 0.6) is 0 Å². The molecule has 0 radical (unpaired) electrons. The number of benzene rings is 1. The monoisotopic (exact) mass is 215 g/mol. The number of nitrogen functional groups attached to an aromatic ring is 1. The smallest absolute Gasteiger partial charge is 0.151 e. The van der Waals surface area contributed by atoms with Crippen molar-refractivity contribution in [3.8, 4) is 0 Å². The molecular weight excluding hydrogens is 206 g/mol. The fourth-order valence-electron chi connectivity index (χ4n) is 1.01. The number of thiol groups is 1. The summed E-state index contributed by atoms with van der Waals surface area (Å²) in [7, 11) is 0. The van der Waals surface area contributed by atoms with E-state index in [2.05, 4.69) is 12.6 Å². The molecule has 1 aromatic rings. The largest absolute Gasteiger partial charge is 0.399 e. The first-order valence-electron chi connectivity index (χ1n) is 3.78. The Morgan fingerprint density at radius 1 is 1.54 bits per heavy atom. The number of anilines is 1. The molecule has 0 atom stereocenters. The quantitative estimate of drug-likeness (QED) is 0.460. The number of rotatable bonds is 3. The second-order valence-electron chi connectivity index (χ2n) is 2.74. The van der Waals surface area contributed by atoms with Crippen molar-refractivity contribution in [2.45, 2.75) is 11.3 Å². The number of Topliss-reactive ketones (excluding diaryl/α,β-unsaturated/α-hetero) is 1. The van der Waals surface area contributed by atoms with Crippen molar-refractivity contribution in [2.24, 2.45) is 0 Å². The molecule has 0 amide bonds. The topological polar surface area (TPSA) is 43.1 Å². The van der Waals surface area contributed by atoms with E-state index >= 15 is 0 Å². The molecule has 0 saturated heterocycles. The number of nitrogens with two attached hydrogens (primary N) is 1. The van der Waals surface area contributed by atoms with Crippen LogP contribution in [0.3, 0.4) is 0 Å². The van der Waals surface area contributed by atoms with Crippen molar-refractivity contribution in [1.29, 1.82) is 0 Å². The predicted octanol–water partition coefficient (Wildman–Crippen LogP) is 1.91. The van der Waals surface area contributed by atoms with Crippen LogP contribution in [0.1, 0.15) is 5.56 Å². The number of carbonyl (C=O) groups is 1. The number of carbonyl (C=O) groups excluding carboxylic acids is 1. The van der Waals surface area contributed by atoms with Crippen molar-refractivity contribution in [3.63, 3.8) is 0 Å². The number of halogens is 1. The van der Waals surface area contributed by atoms with E-state index in [0.29, 0.717) is 12.1 Å². The lowest BCUT2D eigenvalue weighted by atomic mass is 10.1.